The summed E-state index contributed by atoms with van der Waals surface area (Å²) in [4.78, 5) is 10.8. The highest BCUT2D eigenvalue weighted by molar-refractivity contribution is 7.89. The first kappa shape index (κ1) is 26.5. The Morgan fingerprint density at radius 2 is 1.69 bits per heavy atom. The maximum absolute atomic E-state index is 13.3. The zero-order valence-corrected chi connectivity index (χ0v) is 19.6. The molecule has 3 aromatic carbocycles. The van der Waals surface area contributed by atoms with Gasteiger partial charge in [0.1, 0.15) is 11.6 Å². The molecular formula is C23H18ClF4NO5S. The lowest BCUT2D eigenvalue weighted by molar-refractivity contribution is -0.139. The number of sulfonamides is 1. The van der Waals surface area contributed by atoms with Crippen molar-refractivity contribution < 1.29 is 40.6 Å². The molecule has 3 aromatic rings. The summed E-state index contributed by atoms with van der Waals surface area (Å²) < 4.78 is 84.9. The topological polar surface area (TPSA) is 83.9 Å². The molecule has 0 aliphatic rings. The lowest BCUT2D eigenvalue weighted by Gasteiger charge is -2.19. The van der Waals surface area contributed by atoms with E-state index in [1.807, 2.05) is 0 Å². The van der Waals surface area contributed by atoms with Crippen molar-refractivity contribution in [1.29, 1.82) is 0 Å². The molecule has 0 aliphatic carbocycles. The van der Waals surface area contributed by atoms with E-state index in [0.717, 1.165) is 46.8 Å². The molecule has 6 nitrogen and oxygen atoms in total. The van der Waals surface area contributed by atoms with Gasteiger partial charge in [0, 0.05) is 29.7 Å². The van der Waals surface area contributed by atoms with Crippen LogP contribution < -0.4 is 4.74 Å². The van der Waals surface area contributed by atoms with Gasteiger partial charge in [-0.2, -0.15) is 17.5 Å². The maximum atomic E-state index is 13.3. The van der Waals surface area contributed by atoms with Crippen LogP contribution in [0.4, 0.5) is 17.6 Å². The Morgan fingerprint density at radius 1 is 1.03 bits per heavy atom. The molecule has 12 heteroatoms. The number of hydrogen-bond donors (Lipinski definition) is 1. The van der Waals surface area contributed by atoms with E-state index in [1.54, 1.807) is 0 Å². The van der Waals surface area contributed by atoms with Crippen LogP contribution in [-0.2, 0) is 27.5 Å². The van der Waals surface area contributed by atoms with Crippen molar-refractivity contribution in [3.63, 3.8) is 0 Å². The smallest absolute Gasteiger partial charge is 0.416 e. The Balaban J connectivity index is 2.03. The third-order valence-electron chi connectivity index (χ3n) is 4.91. The van der Waals surface area contributed by atoms with Gasteiger partial charge < -0.3 is 9.84 Å². The van der Waals surface area contributed by atoms with E-state index in [2.05, 4.69) is 0 Å². The van der Waals surface area contributed by atoms with E-state index < -0.39 is 40.2 Å². The molecule has 0 saturated heterocycles. The molecule has 0 unspecified atom stereocenters. The minimum Gasteiger partial charge on any atom is -0.481 e. The molecule has 35 heavy (non-hydrogen) atoms. The van der Waals surface area contributed by atoms with Crippen molar-refractivity contribution in [2.45, 2.75) is 17.6 Å². The molecule has 0 bridgehead atoms. The molecule has 0 amide bonds. The van der Waals surface area contributed by atoms with Crippen LogP contribution >= 0.6 is 11.6 Å². The number of carboxylic acids is 1. The highest BCUT2D eigenvalue weighted by Crippen LogP contribution is 2.40. The molecular weight excluding hydrogens is 514 g/mol. The highest BCUT2D eigenvalue weighted by Gasteiger charge is 2.31. The second-order valence-electron chi connectivity index (χ2n) is 7.42. The molecule has 0 heterocycles. The van der Waals surface area contributed by atoms with E-state index in [-0.39, 0.29) is 33.3 Å². The summed E-state index contributed by atoms with van der Waals surface area (Å²) in [5.74, 6) is -1.96. The van der Waals surface area contributed by atoms with Gasteiger partial charge in [0.15, 0.2) is 6.61 Å². The van der Waals surface area contributed by atoms with E-state index in [0.29, 0.717) is 5.56 Å². The summed E-state index contributed by atoms with van der Waals surface area (Å²) in [5, 5.41) is 8.88. The summed E-state index contributed by atoms with van der Waals surface area (Å²) in [6, 6.07) is 11.0. The number of halogens is 5. The van der Waals surface area contributed by atoms with Gasteiger partial charge in [-0.1, -0.05) is 17.7 Å². The second-order valence-corrected chi connectivity index (χ2v) is 9.87. The van der Waals surface area contributed by atoms with Gasteiger partial charge in [-0.25, -0.2) is 17.6 Å². The summed E-state index contributed by atoms with van der Waals surface area (Å²) >= 11 is 6.16. The highest BCUT2D eigenvalue weighted by atomic mass is 35.5. The lowest BCUT2D eigenvalue weighted by atomic mass is 9.99. The number of carboxylic acid groups (broad SMARTS) is 1. The SMILES string of the molecule is CN(Cc1ccc(OCC(=O)O)c(-c2cc(C(F)(F)F)ccc2Cl)c1)S(=O)(=O)c1ccc(F)cc1. The molecule has 0 radical (unpaired) electrons. The van der Waals surface area contributed by atoms with Crippen LogP contribution in [0.15, 0.2) is 65.6 Å². The van der Waals surface area contributed by atoms with E-state index in [9.17, 15) is 30.8 Å². The summed E-state index contributed by atoms with van der Waals surface area (Å²) in [6.45, 7) is -0.968. The van der Waals surface area contributed by atoms with Gasteiger partial charge in [-0.05, 0) is 60.2 Å². The maximum Gasteiger partial charge on any atom is 0.416 e. The Labute approximate surface area is 203 Å². The first-order valence-corrected chi connectivity index (χ1v) is 11.7. The van der Waals surface area contributed by atoms with E-state index in [4.69, 9.17) is 21.4 Å². The molecule has 1 N–H and O–H groups in total. The number of ether oxygens (including phenoxy) is 1. The number of nitrogens with zero attached hydrogens (tertiary/aromatic N) is 1. The van der Waals surface area contributed by atoms with Crippen molar-refractivity contribution in [2.24, 2.45) is 0 Å². The molecule has 0 aromatic heterocycles. The zero-order chi connectivity index (χ0) is 26.0. The fourth-order valence-electron chi connectivity index (χ4n) is 3.19. The fourth-order valence-corrected chi connectivity index (χ4v) is 4.57. The number of aliphatic carboxylic acids is 1. The summed E-state index contributed by atoms with van der Waals surface area (Å²) in [7, 11) is -2.73. The number of alkyl halides is 3. The van der Waals surface area contributed by atoms with Crippen molar-refractivity contribution in [2.75, 3.05) is 13.7 Å². The molecule has 0 fully saturated rings. The minimum absolute atomic E-state index is 0.0485. The van der Waals surface area contributed by atoms with Crippen LogP contribution in [0.5, 0.6) is 5.75 Å². The average molecular weight is 532 g/mol. The standard InChI is InChI=1S/C23H18ClF4NO5S/c1-29(35(32,33)17-6-4-16(25)5-7-17)12-14-2-9-21(34-13-22(30)31)19(10-14)18-11-15(23(26,27)28)3-8-20(18)24/h2-11H,12-13H2,1H3,(H,30,31). The lowest BCUT2D eigenvalue weighted by Crippen LogP contribution is -2.26. The number of carbonyl (C=O) groups is 1. The van der Waals surface area contributed by atoms with Crippen molar-refractivity contribution in [3.05, 3.63) is 82.6 Å². The molecule has 0 spiro atoms. The van der Waals surface area contributed by atoms with Gasteiger partial charge >= 0.3 is 12.1 Å². The van der Waals surface area contributed by atoms with Crippen molar-refractivity contribution >= 4 is 27.6 Å². The van der Waals surface area contributed by atoms with Crippen molar-refractivity contribution in [3.8, 4) is 16.9 Å². The number of rotatable bonds is 8. The second kappa shape index (κ2) is 10.2. The van der Waals surface area contributed by atoms with Crippen LogP contribution in [0.2, 0.25) is 5.02 Å². The Hall–Kier alpha value is -3.15. The zero-order valence-electron chi connectivity index (χ0n) is 18.0. The first-order valence-electron chi connectivity index (χ1n) is 9.85. The summed E-state index contributed by atoms with van der Waals surface area (Å²) in [6.07, 6.45) is -4.66. The van der Waals surface area contributed by atoms with Gasteiger partial charge in [0.25, 0.3) is 0 Å². The van der Waals surface area contributed by atoms with Crippen LogP contribution in [0.25, 0.3) is 11.1 Å². The Morgan fingerprint density at radius 3 is 2.29 bits per heavy atom. The third-order valence-corrected chi connectivity index (χ3v) is 7.05. The largest absolute Gasteiger partial charge is 0.481 e. The number of hydrogen-bond acceptors (Lipinski definition) is 4. The van der Waals surface area contributed by atoms with Crippen LogP contribution in [0.1, 0.15) is 11.1 Å². The normalized spacial score (nSPS) is 12.1. The summed E-state index contributed by atoms with van der Waals surface area (Å²) in [5.41, 5.74) is -0.660. The van der Waals surface area contributed by atoms with E-state index >= 15 is 0 Å². The van der Waals surface area contributed by atoms with Crippen molar-refractivity contribution in [1.82, 2.24) is 4.31 Å². The van der Waals surface area contributed by atoms with Crippen LogP contribution in [-0.4, -0.2) is 37.5 Å². The predicted molar refractivity (Wildman–Crippen MR) is 120 cm³/mol. The average Bonchev–Trinajstić information content (AvgIpc) is 2.78. The molecule has 186 valence electrons. The monoisotopic (exact) mass is 531 g/mol. The fraction of sp³-hybridized carbons (Fsp3) is 0.174. The van der Waals surface area contributed by atoms with E-state index in [1.165, 1.54) is 25.2 Å². The minimum atomic E-state index is -4.66. The molecule has 0 atom stereocenters. The number of benzene rings is 3. The van der Waals surface area contributed by atoms with Gasteiger partial charge in [0.05, 0.1) is 10.5 Å². The van der Waals surface area contributed by atoms with Gasteiger partial charge in [-0.15, -0.1) is 0 Å². The molecule has 3 rings (SSSR count). The molecule has 0 aliphatic heterocycles. The predicted octanol–water partition coefficient (Wildman–Crippen LogP) is 5.45. The molecule has 0 saturated carbocycles. The quantitative estimate of drug-likeness (QED) is 0.391. The van der Waals surface area contributed by atoms with Crippen LogP contribution in [0.3, 0.4) is 0 Å². The Bertz CT molecular complexity index is 1350. The van der Waals surface area contributed by atoms with Gasteiger partial charge in [-0.3, -0.25) is 0 Å². The third kappa shape index (κ3) is 6.30. The van der Waals surface area contributed by atoms with Gasteiger partial charge in [0.2, 0.25) is 10.0 Å². The first-order chi connectivity index (χ1) is 16.3. The van der Waals surface area contributed by atoms with Crippen LogP contribution in [0, 0.1) is 5.82 Å². The Kier molecular flexibility index (Phi) is 7.73.